The SMILES string of the molecule is CC(C)N(C)C(=O)Cn1ccc2sccc2c1=O. The Morgan fingerprint density at radius 1 is 1.44 bits per heavy atom. The molecule has 0 atom stereocenters. The van der Waals surface area contributed by atoms with Crippen molar-refractivity contribution in [2.45, 2.75) is 26.4 Å². The van der Waals surface area contributed by atoms with Gasteiger partial charge in [0, 0.05) is 24.0 Å². The minimum absolute atomic E-state index is 0.0540. The average Bonchev–Trinajstić information content (AvgIpc) is 2.80. The van der Waals surface area contributed by atoms with Crippen LogP contribution in [0.4, 0.5) is 0 Å². The van der Waals surface area contributed by atoms with Crippen LogP contribution in [0.5, 0.6) is 0 Å². The maximum atomic E-state index is 12.1. The Kier molecular flexibility index (Phi) is 3.52. The van der Waals surface area contributed by atoms with Crippen LogP contribution in [0.15, 0.2) is 28.5 Å². The van der Waals surface area contributed by atoms with E-state index in [-0.39, 0.29) is 24.1 Å². The van der Waals surface area contributed by atoms with Crippen molar-refractivity contribution in [3.63, 3.8) is 0 Å². The molecule has 0 saturated heterocycles. The highest BCUT2D eigenvalue weighted by Gasteiger charge is 2.13. The minimum atomic E-state index is -0.0979. The summed E-state index contributed by atoms with van der Waals surface area (Å²) in [7, 11) is 1.75. The first-order valence-corrected chi connectivity index (χ1v) is 6.71. The number of hydrogen-bond donors (Lipinski definition) is 0. The Hall–Kier alpha value is -1.62. The van der Waals surface area contributed by atoms with E-state index in [2.05, 4.69) is 0 Å². The number of hydrogen-bond acceptors (Lipinski definition) is 3. The smallest absolute Gasteiger partial charge is 0.259 e. The van der Waals surface area contributed by atoms with Crippen molar-refractivity contribution in [3.8, 4) is 0 Å². The third-order valence-corrected chi connectivity index (χ3v) is 3.95. The number of pyridine rings is 1. The molecule has 96 valence electrons. The molecule has 0 aromatic carbocycles. The van der Waals surface area contributed by atoms with Gasteiger partial charge in [0.05, 0.1) is 5.39 Å². The minimum Gasteiger partial charge on any atom is -0.342 e. The molecule has 0 saturated carbocycles. The van der Waals surface area contributed by atoms with Gasteiger partial charge in [-0.15, -0.1) is 11.3 Å². The quantitative estimate of drug-likeness (QED) is 0.850. The maximum absolute atomic E-state index is 12.1. The van der Waals surface area contributed by atoms with Gasteiger partial charge in [0.15, 0.2) is 0 Å². The standard InChI is InChI=1S/C13H16N2O2S/c1-9(2)14(3)12(16)8-15-6-4-11-10(13(15)17)5-7-18-11/h4-7,9H,8H2,1-3H3. The first-order valence-electron chi connectivity index (χ1n) is 5.83. The Labute approximate surface area is 109 Å². The predicted molar refractivity (Wildman–Crippen MR) is 74.0 cm³/mol. The van der Waals surface area contributed by atoms with E-state index in [0.29, 0.717) is 5.39 Å². The zero-order chi connectivity index (χ0) is 13.3. The highest BCUT2D eigenvalue weighted by molar-refractivity contribution is 7.17. The Balaban J connectivity index is 2.30. The van der Waals surface area contributed by atoms with Gasteiger partial charge >= 0.3 is 0 Å². The van der Waals surface area contributed by atoms with Crippen LogP contribution >= 0.6 is 11.3 Å². The third kappa shape index (κ3) is 2.31. The average molecular weight is 264 g/mol. The fourth-order valence-electron chi connectivity index (χ4n) is 1.68. The van der Waals surface area contributed by atoms with Crippen LogP contribution in [0.1, 0.15) is 13.8 Å². The lowest BCUT2D eigenvalue weighted by atomic mass is 10.3. The van der Waals surface area contributed by atoms with Crippen LogP contribution in [-0.2, 0) is 11.3 Å². The van der Waals surface area contributed by atoms with Gasteiger partial charge in [-0.3, -0.25) is 9.59 Å². The summed E-state index contributed by atoms with van der Waals surface area (Å²) in [6.45, 7) is 3.99. The molecule has 0 fully saturated rings. The molecule has 2 heterocycles. The molecular weight excluding hydrogens is 248 g/mol. The number of likely N-dealkylation sites (N-methyl/N-ethyl adjacent to an activating group) is 1. The summed E-state index contributed by atoms with van der Waals surface area (Å²) in [5.74, 6) is -0.0540. The Bertz CT molecular complexity index is 627. The molecule has 4 nitrogen and oxygen atoms in total. The van der Waals surface area contributed by atoms with Crippen molar-refractivity contribution < 1.29 is 4.79 Å². The number of nitrogens with zero attached hydrogens (tertiary/aromatic N) is 2. The number of fused-ring (bicyclic) bond motifs is 1. The van der Waals surface area contributed by atoms with Crippen LogP contribution in [0.3, 0.4) is 0 Å². The molecule has 2 rings (SSSR count). The monoisotopic (exact) mass is 264 g/mol. The summed E-state index contributed by atoms with van der Waals surface area (Å²) in [5.41, 5.74) is -0.0979. The van der Waals surface area contributed by atoms with E-state index in [9.17, 15) is 9.59 Å². The normalized spacial score (nSPS) is 11.1. The lowest BCUT2D eigenvalue weighted by Crippen LogP contribution is -2.37. The van der Waals surface area contributed by atoms with E-state index in [1.807, 2.05) is 25.3 Å². The van der Waals surface area contributed by atoms with Crippen LogP contribution in [0, 0.1) is 0 Å². The molecule has 5 heteroatoms. The fraction of sp³-hybridized carbons (Fsp3) is 0.385. The number of aromatic nitrogens is 1. The number of rotatable bonds is 3. The largest absolute Gasteiger partial charge is 0.342 e. The second-order valence-electron chi connectivity index (χ2n) is 4.55. The Morgan fingerprint density at radius 2 is 2.17 bits per heavy atom. The van der Waals surface area contributed by atoms with Gasteiger partial charge in [-0.1, -0.05) is 0 Å². The van der Waals surface area contributed by atoms with Crippen molar-refractivity contribution in [2.75, 3.05) is 7.05 Å². The lowest BCUT2D eigenvalue weighted by molar-refractivity contribution is -0.132. The van der Waals surface area contributed by atoms with Gasteiger partial charge in [0.25, 0.3) is 5.56 Å². The second-order valence-corrected chi connectivity index (χ2v) is 5.49. The first kappa shape index (κ1) is 12.8. The summed E-state index contributed by atoms with van der Waals surface area (Å²) in [6, 6.07) is 3.82. The Morgan fingerprint density at radius 3 is 2.83 bits per heavy atom. The van der Waals surface area contributed by atoms with E-state index >= 15 is 0 Å². The molecule has 0 aliphatic heterocycles. The highest BCUT2D eigenvalue weighted by Crippen LogP contribution is 2.16. The van der Waals surface area contributed by atoms with E-state index in [4.69, 9.17) is 0 Å². The summed E-state index contributed by atoms with van der Waals surface area (Å²) in [4.78, 5) is 25.7. The molecule has 2 aromatic heterocycles. The van der Waals surface area contributed by atoms with E-state index in [1.54, 1.807) is 24.2 Å². The summed E-state index contributed by atoms with van der Waals surface area (Å²) >= 11 is 1.53. The van der Waals surface area contributed by atoms with Gasteiger partial charge in [-0.05, 0) is 31.4 Å². The number of amides is 1. The number of thiophene rings is 1. The summed E-state index contributed by atoms with van der Waals surface area (Å²) in [6.07, 6.45) is 1.69. The van der Waals surface area contributed by atoms with Crippen molar-refractivity contribution in [1.82, 2.24) is 9.47 Å². The third-order valence-electron chi connectivity index (χ3n) is 3.07. The summed E-state index contributed by atoms with van der Waals surface area (Å²) < 4.78 is 2.43. The van der Waals surface area contributed by atoms with Gasteiger partial charge in [-0.25, -0.2) is 0 Å². The van der Waals surface area contributed by atoms with E-state index in [0.717, 1.165) is 4.70 Å². The van der Waals surface area contributed by atoms with Crippen molar-refractivity contribution in [1.29, 1.82) is 0 Å². The number of carbonyl (C=O) groups is 1. The molecule has 2 aromatic rings. The van der Waals surface area contributed by atoms with Crippen LogP contribution < -0.4 is 5.56 Å². The van der Waals surface area contributed by atoms with Gasteiger partial charge in [0.1, 0.15) is 6.54 Å². The molecule has 0 bridgehead atoms. The van der Waals surface area contributed by atoms with Crippen LogP contribution in [-0.4, -0.2) is 28.5 Å². The predicted octanol–water partition coefficient (Wildman–Crippen LogP) is 1.93. The van der Waals surface area contributed by atoms with E-state index in [1.165, 1.54) is 15.9 Å². The molecule has 0 unspecified atom stereocenters. The fourth-order valence-corrected chi connectivity index (χ4v) is 2.45. The van der Waals surface area contributed by atoms with Crippen LogP contribution in [0.25, 0.3) is 10.1 Å². The molecule has 0 radical (unpaired) electrons. The molecule has 0 spiro atoms. The lowest BCUT2D eigenvalue weighted by Gasteiger charge is -2.21. The zero-order valence-corrected chi connectivity index (χ0v) is 11.5. The molecule has 1 amide bonds. The molecule has 0 aliphatic rings. The number of carbonyl (C=O) groups excluding carboxylic acids is 1. The van der Waals surface area contributed by atoms with Crippen molar-refractivity contribution in [3.05, 3.63) is 34.1 Å². The molecule has 0 N–H and O–H groups in total. The second kappa shape index (κ2) is 4.94. The zero-order valence-electron chi connectivity index (χ0n) is 10.7. The maximum Gasteiger partial charge on any atom is 0.259 e. The van der Waals surface area contributed by atoms with E-state index < -0.39 is 0 Å². The first-order chi connectivity index (χ1) is 8.50. The molecule has 18 heavy (non-hydrogen) atoms. The van der Waals surface area contributed by atoms with Gasteiger partial charge < -0.3 is 9.47 Å². The highest BCUT2D eigenvalue weighted by atomic mass is 32.1. The van der Waals surface area contributed by atoms with Crippen LogP contribution in [0.2, 0.25) is 0 Å². The van der Waals surface area contributed by atoms with Gasteiger partial charge in [-0.2, -0.15) is 0 Å². The topological polar surface area (TPSA) is 42.3 Å². The van der Waals surface area contributed by atoms with Crippen molar-refractivity contribution >= 4 is 27.3 Å². The molecular formula is C13H16N2O2S. The van der Waals surface area contributed by atoms with Crippen molar-refractivity contribution in [2.24, 2.45) is 0 Å². The summed E-state index contributed by atoms with van der Waals surface area (Å²) in [5, 5.41) is 2.57. The van der Waals surface area contributed by atoms with Gasteiger partial charge in [0.2, 0.25) is 5.91 Å². The molecule has 0 aliphatic carbocycles.